The number of amides is 1. The Labute approximate surface area is 175 Å². The standard InChI is InChI=1S/C24H22ClNO3/c1-16-8-6-7-11-20(16)21-14-19(25)12-18-13-22(29-23(18)21)26(2)24(27)28-15-17-9-4-3-5-10-17/h3-12,14,22H,13,15H2,1-2H3. The maximum Gasteiger partial charge on any atom is 0.412 e. The zero-order chi connectivity index (χ0) is 20.4. The Morgan fingerprint density at radius 3 is 2.59 bits per heavy atom. The minimum atomic E-state index is -0.436. The van der Waals surface area contributed by atoms with E-state index in [1.807, 2.05) is 54.6 Å². The molecule has 4 rings (SSSR count). The first-order chi connectivity index (χ1) is 14.0. The number of benzene rings is 3. The van der Waals surface area contributed by atoms with E-state index < -0.39 is 12.3 Å². The van der Waals surface area contributed by atoms with Gasteiger partial charge >= 0.3 is 6.09 Å². The lowest BCUT2D eigenvalue weighted by molar-refractivity contribution is 0.0376. The molecule has 0 N–H and O–H groups in total. The third kappa shape index (κ3) is 4.08. The highest BCUT2D eigenvalue weighted by Crippen LogP contribution is 2.42. The maximum absolute atomic E-state index is 12.5. The summed E-state index contributed by atoms with van der Waals surface area (Å²) in [4.78, 5) is 14.0. The normalized spacial score (nSPS) is 14.8. The van der Waals surface area contributed by atoms with E-state index in [1.165, 1.54) is 4.90 Å². The summed E-state index contributed by atoms with van der Waals surface area (Å²) in [6.45, 7) is 2.28. The first-order valence-corrected chi connectivity index (χ1v) is 9.89. The number of halogens is 1. The second-order valence-corrected chi connectivity index (χ2v) is 7.62. The predicted molar refractivity (Wildman–Crippen MR) is 114 cm³/mol. The third-order valence-corrected chi connectivity index (χ3v) is 5.36. The number of fused-ring (bicyclic) bond motifs is 1. The van der Waals surface area contributed by atoms with E-state index in [4.69, 9.17) is 21.1 Å². The Morgan fingerprint density at radius 1 is 1.10 bits per heavy atom. The van der Waals surface area contributed by atoms with Gasteiger partial charge in [-0.05, 0) is 35.7 Å². The van der Waals surface area contributed by atoms with Crippen LogP contribution in [0.4, 0.5) is 4.79 Å². The summed E-state index contributed by atoms with van der Waals surface area (Å²) in [6.07, 6.45) is -0.296. The molecule has 0 fully saturated rings. The smallest absolute Gasteiger partial charge is 0.412 e. The molecule has 0 aliphatic carbocycles. The average molecular weight is 408 g/mol. The third-order valence-electron chi connectivity index (χ3n) is 5.14. The summed E-state index contributed by atoms with van der Waals surface area (Å²) >= 11 is 6.38. The van der Waals surface area contributed by atoms with Gasteiger partial charge in [-0.1, -0.05) is 66.2 Å². The number of nitrogens with zero attached hydrogens (tertiary/aromatic N) is 1. The fraction of sp³-hybridized carbons (Fsp3) is 0.208. The van der Waals surface area contributed by atoms with E-state index in [9.17, 15) is 4.79 Å². The Morgan fingerprint density at radius 2 is 1.83 bits per heavy atom. The highest BCUT2D eigenvalue weighted by Gasteiger charge is 2.32. The molecular formula is C24H22ClNO3. The van der Waals surface area contributed by atoms with Gasteiger partial charge in [0.05, 0.1) is 0 Å². The molecule has 1 unspecified atom stereocenters. The molecule has 0 radical (unpaired) electrons. The van der Waals surface area contributed by atoms with Crippen molar-refractivity contribution in [2.24, 2.45) is 0 Å². The zero-order valence-corrected chi connectivity index (χ0v) is 17.1. The molecule has 4 nitrogen and oxygen atoms in total. The highest BCUT2D eigenvalue weighted by molar-refractivity contribution is 6.31. The molecule has 29 heavy (non-hydrogen) atoms. The van der Waals surface area contributed by atoms with Crippen LogP contribution in [-0.4, -0.2) is 24.3 Å². The second kappa shape index (κ2) is 8.18. The van der Waals surface area contributed by atoms with E-state index in [-0.39, 0.29) is 6.61 Å². The Bertz CT molecular complexity index is 1040. The molecule has 0 saturated heterocycles. The quantitative estimate of drug-likeness (QED) is 0.545. The molecule has 1 atom stereocenters. The van der Waals surface area contributed by atoms with Gasteiger partial charge in [0.1, 0.15) is 12.4 Å². The lowest BCUT2D eigenvalue weighted by Gasteiger charge is -2.23. The van der Waals surface area contributed by atoms with Crippen molar-refractivity contribution in [3.63, 3.8) is 0 Å². The van der Waals surface area contributed by atoms with E-state index in [1.54, 1.807) is 7.05 Å². The van der Waals surface area contributed by atoms with Gasteiger partial charge in [0.15, 0.2) is 6.23 Å². The molecule has 0 saturated carbocycles. The van der Waals surface area contributed by atoms with Crippen LogP contribution in [0.25, 0.3) is 11.1 Å². The predicted octanol–water partition coefficient (Wildman–Crippen LogP) is 5.85. The molecule has 148 valence electrons. The van der Waals surface area contributed by atoms with Gasteiger partial charge in [0.25, 0.3) is 0 Å². The van der Waals surface area contributed by atoms with Crippen LogP contribution in [0, 0.1) is 6.92 Å². The van der Waals surface area contributed by atoms with E-state index >= 15 is 0 Å². The molecule has 0 aromatic heterocycles. The second-order valence-electron chi connectivity index (χ2n) is 7.18. The van der Waals surface area contributed by atoms with Crippen LogP contribution in [-0.2, 0) is 17.8 Å². The number of carbonyl (C=O) groups excluding carboxylic acids is 1. The van der Waals surface area contributed by atoms with Gasteiger partial charge in [0, 0.05) is 29.6 Å². The van der Waals surface area contributed by atoms with Gasteiger partial charge in [-0.2, -0.15) is 0 Å². The lowest BCUT2D eigenvalue weighted by Crippen LogP contribution is -2.40. The lowest BCUT2D eigenvalue weighted by atomic mass is 9.97. The number of aryl methyl sites for hydroxylation is 1. The van der Waals surface area contributed by atoms with Crippen LogP contribution in [0.15, 0.2) is 66.7 Å². The number of hydrogen-bond acceptors (Lipinski definition) is 3. The van der Waals surface area contributed by atoms with Crippen molar-refractivity contribution in [2.75, 3.05) is 7.05 Å². The van der Waals surface area contributed by atoms with E-state index in [2.05, 4.69) is 19.1 Å². The summed E-state index contributed by atoms with van der Waals surface area (Å²) < 4.78 is 11.6. The minimum absolute atomic E-state index is 0.226. The fourth-order valence-corrected chi connectivity index (χ4v) is 3.78. The number of rotatable bonds is 4. The number of ether oxygens (including phenoxy) is 2. The minimum Gasteiger partial charge on any atom is -0.469 e. The van der Waals surface area contributed by atoms with Crippen molar-refractivity contribution in [1.82, 2.24) is 4.90 Å². The summed E-state index contributed by atoms with van der Waals surface area (Å²) in [7, 11) is 1.69. The van der Waals surface area contributed by atoms with Crippen LogP contribution >= 0.6 is 11.6 Å². The molecule has 1 aliphatic rings. The van der Waals surface area contributed by atoms with Crippen molar-refractivity contribution in [3.8, 4) is 16.9 Å². The molecule has 0 bridgehead atoms. The van der Waals surface area contributed by atoms with Crippen molar-refractivity contribution in [1.29, 1.82) is 0 Å². The Hall–Kier alpha value is -2.98. The molecule has 5 heteroatoms. The molecular weight excluding hydrogens is 386 g/mol. The van der Waals surface area contributed by atoms with Crippen molar-refractivity contribution >= 4 is 17.7 Å². The van der Waals surface area contributed by atoms with Gasteiger partial charge in [-0.25, -0.2) is 4.79 Å². The summed E-state index contributed by atoms with van der Waals surface area (Å²) in [5, 5.41) is 0.653. The SMILES string of the molecule is Cc1ccccc1-c1cc(Cl)cc2c1OC(N(C)C(=O)OCc1ccccc1)C2. The average Bonchev–Trinajstić information content (AvgIpc) is 3.16. The fourth-order valence-electron chi connectivity index (χ4n) is 3.54. The molecule has 3 aromatic rings. The number of carbonyl (C=O) groups is 1. The van der Waals surface area contributed by atoms with Crippen LogP contribution in [0.5, 0.6) is 5.75 Å². The topological polar surface area (TPSA) is 38.8 Å². The Kier molecular flexibility index (Phi) is 5.45. The van der Waals surface area contributed by atoms with Crippen LogP contribution in [0.1, 0.15) is 16.7 Å². The summed E-state index contributed by atoms with van der Waals surface area (Å²) in [5.41, 5.74) is 5.09. The maximum atomic E-state index is 12.5. The summed E-state index contributed by atoms with van der Waals surface area (Å²) in [6, 6.07) is 21.5. The molecule has 1 amide bonds. The molecule has 3 aromatic carbocycles. The van der Waals surface area contributed by atoms with Gasteiger partial charge in [0.2, 0.25) is 0 Å². The first kappa shape index (κ1) is 19.3. The van der Waals surface area contributed by atoms with Crippen LogP contribution < -0.4 is 4.74 Å². The molecule has 1 aliphatic heterocycles. The molecule has 0 spiro atoms. The monoisotopic (exact) mass is 407 g/mol. The number of likely N-dealkylation sites (N-methyl/N-ethyl adjacent to an activating group) is 1. The van der Waals surface area contributed by atoms with E-state index in [0.717, 1.165) is 33.6 Å². The zero-order valence-electron chi connectivity index (χ0n) is 16.4. The van der Waals surface area contributed by atoms with Crippen molar-refractivity contribution in [2.45, 2.75) is 26.2 Å². The van der Waals surface area contributed by atoms with Crippen LogP contribution in [0.3, 0.4) is 0 Å². The van der Waals surface area contributed by atoms with Crippen molar-refractivity contribution in [3.05, 3.63) is 88.4 Å². The van der Waals surface area contributed by atoms with Gasteiger partial charge in [-0.15, -0.1) is 0 Å². The van der Waals surface area contributed by atoms with Crippen LogP contribution in [0.2, 0.25) is 5.02 Å². The number of hydrogen-bond donors (Lipinski definition) is 0. The first-order valence-electron chi connectivity index (χ1n) is 9.51. The van der Waals surface area contributed by atoms with Gasteiger partial charge in [-0.3, -0.25) is 4.90 Å². The van der Waals surface area contributed by atoms with E-state index in [0.29, 0.717) is 11.4 Å². The van der Waals surface area contributed by atoms with Gasteiger partial charge < -0.3 is 9.47 Å². The molecule has 1 heterocycles. The largest absolute Gasteiger partial charge is 0.469 e. The summed E-state index contributed by atoms with van der Waals surface area (Å²) in [5.74, 6) is 0.774. The highest BCUT2D eigenvalue weighted by atomic mass is 35.5. The Balaban J connectivity index is 1.52. The van der Waals surface area contributed by atoms with Crippen molar-refractivity contribution < 1.29 is 14.3 Å².